The summed E-state index contributed by atoms with van der Waals surface area (Å²) in [4.78, 5) is 16.4. The maximum Gasteiger partial charge on any atom is 0.255 e. The molecule has 0 aliphatic heterocycles. The molecule has 9 heteroatoms. The molecule has 3 aromatic rings. The molecule has 0 saturated carbocycles. The van der Waals surface area contributed by atoms with Crippen LogP contribution in [-0.2, 0) is 0 Å². The molecule has 5 N–H and O–H groups in total. The van der Waals surface area contributed by atoms with Gasteiger partial charge >= 0.3 is 0 Å². The summed E-state index contributed by atoms with van der Waals surface area (Å²) >= 11 is 0. The number of nitrogens with zero attached hydrogens (tertiary/aromatic N) is 2. The van der Waals surface area contributed by atoms with Crippen molar-refractivity contribution in [2.45, 2.75) is 6.04 Å². The van der Waals surface area contributed by atoms with Crippen molar-refractivity contribution in [2.75, 3.05) is 11.9 Å². The number of aliphatic hydroxyl groups excluding tert-OH is 1. The van der Waals surface area contributed by atoms with Gasteiger partial charge in [-0.25, -0.2) is 4.98 Å². The van der Waals surface area contributed by atoms with Crippen LogP contribution in [0.4, 0.5) is 5.69 Å². The molecule has 0 radical (unpaired) electrons. The number of H-pyrrole nitrogens is 1. The highest BCUT2D eigenvalue weighted by molar-refractivity contribution is 8.93. The second kappa shape index (κ2) is 8.88. The molecule has 2 heterocycles. The number of carbonyl (C=O) groups is 1. The standard InChI is InChI=1S/C15H15N5O2.2BrH/c16-12(8-21)9-1-3-10(4-2-9)15(22)19-13-5-6-17-14-11(13)7-18-20-14;;/h1-7,12,21H,8,16H2,(H2,17,18,19,20,22);2*1H. The van der Waals surface area contributed by atoms with Crippen LogP contribution in [0, 0.1) is 0 Å². The minimum Gasteiger partial charge on any atom is -0.394 e. The smallest absolute Gasteiger partial charge is 0.255 e. The van der Waals surface area contributed by atoms with Crippen molar-refractivity contribution in [3.05, 3.63) is 53.9 Å². The van der Waals surface area contributed by atoms with E-state index in [4.69, 9.17) is 10.8 Å². The van der Waals surface area contributed by atoms with Gasteiger partial charge < -0.3 is 16.2 Å². The fourth-order valence-electron chi connectivity index (χ4n) is 2.14. The highest BCUT2D eigenvalue weighted by atomic mass is 79.9. The number of fused-ring (bicyclic) bond motifs is 1. The summed E-state index contributed by atoms with van der Waals surface area (Å²) in [6.45, 7) is -0.138. The van der Waals surface area contributed by atoms with Crippen molar-refractivity contribution in [3.63, 3.8) is 0 Å². The average Bonchev–Trinajstić information content (AvgIpc) is 3.04. The Bertz CT molecular complexity index is 807. The first kappa shape index (κ1) is 20.2. The Morgan fingerprint density at radius 1 is 1.25 bits per heavy atom. The summed E-state index contributed by atoms with van der Waals surface area (Å²) in [7, 11) is 0. The molecule has 0 spiro atoms. The number of aliphatic hydroxyl groups is 1. The largest absolute Gasteiger partial charge is 0.394 e. The van der Waals surface area contributed by atoms with Crippen LogP contribution in [0.25, 0.3) is 11.0 Å². The molecule has 24 heavy (non-hydrogen) atoms. The number of halogens is 2. The second-order valence-electron chi connectivity index (χ2n) is 4.86. The zero-order valence-corrected chi connectivity index (χ0v) is 15.9. The molecule has 1 unspecified atom stereocenters. The summed E-state index contributed by atoms with van der Waals surface area (Å²) in [5.41, 5.74) is 8.26. The zero-order chi connectivity index (χ0) is 15.5. The molecular formula is C15H17Br2N5O2. The van der Waals surface area contributed by atoms with Gasteiger partial charge in [-0.2, -0.15) is 5.10 Å². The lowest BCUT2D eigenvalue weighted by Crippen LogP contribution is -2.15. The van der Waals surface area contributed by atoms with E-state index in [2.05, 4.69) is 20.5 Å². The van der Waals surface area contributed by atoms with Crippen LogP contribution in [0.3, 0.4) is 0 Å². The molecule has 1 amide bonds. The molecule has 1 atom stereocenters. The molecule has 0 bridgehead atoms. The molecule has 7 nitrogen and oxygen atoms in total. The third-order valence-corrected chi connectivity index (χ3v) is 3.40. The molecule has 0 aliphatic carbocycles. The van der Waals surface area contributed by atoms with E-state index in [0.717, 1.165) is 10.9 Å². The summed E-state index contributed by atoms with van der Waals surface area (Å²) in [6.07, 6.45) is 3.21. The zero-order valence-electron chi connectivity index (χ0n) is 12.5. The fraction of sp³-hybridized carbons (Fsp3) is 0.133. The number of pyridine rings is 1. The van der Waals surface area contributed by atoms with Gasteiger partial charge in [0.05, 0.1) is 29.9 Å². The van der Waals surface area contributed by atoms with E-state index in [-0.39, 0.29) is 46.5 Å². The maximum absolute atomic E-state index is 12.3. The fourth-order valence-corrected chi connectivity index (χ4v) is 2.14. The van der Waals surface area contributed by atoms with E-state index in [0.29, 0.717) is 16.9 Å². The Hall–Kier alpha value is -1.81. The van der Waals surface area contributed by atoms with Crippen LogP contribution in [0.1, 0.15) is 22.0 Å². The Balaban J connectivity index is 0.00000144. The van der Waals surface area contributed by atoms with Crippen LogP contribution >= 0.6 is 34.0 Å². The summed E-state index contributed by atoms with van der Waals surface area (Å²) in [5, 5.41) is 19.3. The lowest BCUT2D eigenvalue weighted by Gasteiger charge is -2.10. The van der Waals surface area contributed by atoms with Crippen LogP contribution in [0.15, 0.2) is 42.7 Å². The molecule has 0 fully saturated rings. The number of aromatic amines is 1. The van der Waals surface area contributed by atoms with Crippen molar-refractivity contribution >= 4 is 56.6 Å². The van der Waals surface area contributed by atoms with Crippen LogP contribution in [0.5, 0.6) is 0 Å². The van der Waals surface area contributed by atoms with E-state index in [1.807, 2.05) is 0 Å². The van der Waals surface area contributed by atoms with E-state index in [1.165, 1.54) is 0 Å². The molecule has 0 aliphatic rings. The molecule has 128 valence electrons. The van der Waals surface area contributed by atoms with E-state index < -0.39 is 6.04 Å². The highest BCUT2D eigenvalue weighted by Crippen LogP contribution is 2.20. The number of hydrogen-bond acceptors (Lipinski definition) is 5. The number of anilines is 1. The van der Waals surface area contributed by atoms with Gasteiger partial charge in [0.15, 0.2) is 5.65 Å². The van der Waals surface area contributed by atoms with E-state index in [9.17, 15) is 4.79 Å². The molecular weight excluding hydrogens is 442 g/mol. The van der Waals surface area contributed by atoms with Gasteiger partial charge in [-0.1, -0.05) is 12.1 Å². The van der Waals surface area contributed by atoms with Gasteiger partial charge in [-0.15, -0.1) is 34.0 Å². The molecule has 1 aromatic carbocycles. The highest BCUT2D eigenvalue weighted by Gasteiger charge is 2.11. The molecule has 2 aromatic heterocycles. The monoisotopic (exact) mass is 457 g/mol. The molecule has 0 saturated heterocycles. The van der Waals surface area contributed by atoms with Crippen molar-refractivity contribution in [2.24, 2.45) is 5.73 Å². The number of carbonyl (C=O) groups excluding carboxylic acids is 1. The Morgan fingerprint density at radius 3 is 2.62 bits per heavy atom. The number of aromatic nitrogens is 3. The predicted octanol–water partition coefficient (Wildman–Crippen LogP) is 2.36. The van der Waals surface area contributed by atoms with Crippen LogP contribution in [0.2, 0.25) is 0 Å². The number of nitrogens with two attached hydrogens (primary N) is 1. The Labute approximate surface area is 159 Å². The van der Waals surface area contributed by atoms with Gasteiger partial charge in [0.25, 0.3) is 5.91 Å². The van der Waals surface area contributed by atoms with Crippen molar-refractivity contribution in [1.29, 1.82) is 0 Å². The molecule has 3 rings (SSSR count). The number of rotatable bonds is 4. The van der Waals surface area contributed by atoms with Gasteiger partial charge in [-0.3, -0.25) is 9.89 Å². The quantitative estimate of drug-likeness (QED) is 0.478. The summed E-state index contributed by atoms with van der Waals surface area (Å²) in [6, 6.07) is 8.09. The van der Waals surface area contributed by atoms with Crippen LogP contribution < -0.4 is 11.1 Å². The van der Waals surface area contributed by atoms with E-state index >= 15 is 0 Å². The number of amides is 1. The SMILES string of the molecule is Br.Br.NC(CO)c1ccc(C(=O)Nc2ccnc3[nH]ncc23)cc1. The first-order valence-electron chi connectivity index (χ1n) is 6.75. The topological polar surface area (TPSA) is 117 Å². The van der Waals surface area contributed by atoms with Gasteiger partial charge in [0, 0.05) is 11.8 Å². The average molecular weight is 459 g/mol. The maximum atomic E-state index is 12.3. The second-order valence-corrected chi connectivity index (χ2v) is 4.86. The van der Waals surface area contributed by atoms with Crippen LogP contribution in [-0.4, -0.2) is 32.8 Å². The number of hydrogen-bond donors (Lipinski definition) is 4. The predicted molar refractivity (Wildman–Crippen MR) is 103 cm³/mol. The normalized spacial score (nSPS) is 11.2. The minimum absolute atomic E-state index is 0. The van der Waals surface area contributed by atoms with Gasteiger partial charge in [0.1, 0.15) is 0 Å². The first-order valence-corrected chi connectivity index (χ1v) is 6.75. The summed E-state index contributed by atoms with van der Waals surface area (Å²) < 4.78 is 0. The lowest BCUT2D eigenvalue weighted by atomic mass is 10.1. The third-order valence-electron chi connectivity index (χ3n) is 3.40. The van der Waals surface area contributed by atoms with Gasteiger partial charge in [0.2, 0.25) is 0 Å². The Kier molecular flexibility index (Phi) is 7.49. The van der Waals surface area contributed by atoms with Crippen molar-refractivity contribution < 1.29 is 9.90 Å². The van der Waals surface area contributed by atoms with Crippen molar-refractivity contribution in [1.82, 2.24) is 15.2 Å². The Morgan fingerprint density at radius 2 is 1.96 bits per heavy atom. The number of benzene rings is 1. The minimum atomic E-state index is -0.442. The lowest BCUT2D eigenvalue weighted by molar-refractivity contribution is 0.102. The number of nitrogens with one attached hydrogen (secondary N) is 2. The van der Waals surface area contributed by atoms with Crippen molar-refractivity contribution in [3.8, 4) is 0 Å². The van der Waals surface area contributed by atoms with E-state index in [1.54, 1.807) is 42.7 Å². The first-order chi connectivity index (χ1) is 10.7. The summed E-state index contributed by atoms with van der Waals surface area (Å²) in [5.74, 6) is -0.238. The van der Waals surface area contributed by atoms with Gasteiger partial charge in [-0.05, 0) is 23.8 Å². The third kappa shape index (κ3) is 4.18.